The van der Waals surface area contributed by atoms with Crippen molar-refractivity contribution in [1.82, 2.24) is 4.72 Å². The highest BCUT2D eigenvalue weighted by atomic mass is 79.9. The lowest BCUT2D eigenvalue weighted by molar-refractivity contribution is 0.588. The van der Waals surface area contributed by atoms with Crippen LogP contribution in [-0.4, -0.2) is 15.5 Å². The molecule has 7 heteroatoms. The van der Waals surface area contributed by atoms with Gasteiger partial charge in [0, 0.05) is 27.0 Å². The van der Waals surface area contributed by atoms with Crippen molar-refractivity contribution in [2.24, 2.45) is 0 Å². The number of rotatable bonds is 5. The molecule has 0 saturated heterocycles. The third-order valence-corrected chi connectivity index (χ3v) is 5.65. The first kappa shape index (κ1) is 14.5. The van der Waals surface area contributed by atoms with Crippen LogP contribution < -0.4 is 10.0 Å². The summed E-state index contributed by atoms with van der Waals surface area (Å²) < 4.78 is 26.5. The van der Waals surface area contributed by atoms with Gasteiger partial charge in [-0.25, -0.2) is 13.1 Å². The molecule has 0 atom stereocenters. The van der Waals surface area contributed by atoms with Crippen LogP contribution in [0.3, 0.4) is 0 Å². The second kappa shape index (κ2) is 6.04. The molecule has 2 rings (SSSR count). The Hall–Kier alpha value is -0.890. The van der Waals surface area contributed by atoms with Crippen LogP contribution in [0.15, 0.2) is 45.1 Å². The van der Waals surface area contributed by atoms with Gasteiger partial charge in [0.05, 0.1) is 4.90 Å². The van der Waals surface area contributed by atoms with Crippen LogP contribution in [0.4, 0.5) is 5.69 Å². The standard InChI is InChI=1S/C12H13BrN2O2S2/c1-14-19(16,17)12-4-2-10(3-5-12)15-7-11-6-9(13)8-18-11/h2-6,8,14-15H,7H2,1H3. The van der Waals surface area contributed by atoms with Gasteiger partial charge in [-0.2, -0.15) is 0 Å². The fourth-order valence-corrected chi connectivity index (χ4v) is 3.63. The minimum atomic E-state index is -3.36. The first-order valence-electron chi connectivity index (χ1n) is 5.51. The van der Waals surface area contributed by atoms with Gasteiger partial charge in [-0.1, -0.05) is 0 Å². The molecule has 0 spiro atoms. The molecule has 102 valence electrons. The Bertz CT molecular complexity index is 651. The second-order valence-electron chi connectivity index (χ2n) is 3.82. The van der Waals surface area contributed by atoms with E-state index in [0.29, 0.717) is 6.54 Å². The molecule has 0 aliphatic carbocycles. The van der Waals surface area contributed by atoms with Crippen molar-refractivity contribution < 1.29 is 8.42 Å². The molecule has 0 amide bonds. The SMILES string of the molecule is CNS(=O)(=O)c1ccc(NCc2cc(Br)cs2)cc1. The van der Waals surface area contributed by atoms with Gasteiger partial charge in [-0.15, -0.1) is 11.3 Å². The van der Waals surface area contributed by atoms with E-state index in [1.165, 1.54) is 11.9 Å². The van der Waals surface area contributed by atoms with Crippen LogP contribution in [0.2, 0.25) is 0 Å². The van der Waals surface area contributed by atoms with Gasteiger partial charge in [-0.05, 0) is 53.3 Å². The van der Waals surface area contributed by atoms with Crippen molar-refractivity contribution in [3.8, 4) is 0 Å². The van der Waals surface area contributed by atoms with E-state index in [2.05, 4.69) is 32.0 Å². The van der Waals surface area contributed by atoms with Crippen LogP contribution in [0.1, 0.15) is 4.88 Å². The van der Waals surface area contributed by atoms with Crippen molar-refractivity contribution in [3.63, 3.8) is 0 Å². The van der Waals surface area contributed by atoms with Crippen molar-refractivity contribution >= 4 is 43.0 Å². The highest BCUT2D eigenvalue weighted by Crippen LogP contribution is 2.21. The fraction of sp³-hybridized carbons (Fsp3) is 0.167. The lowest BCUT2D eigenvalue weighted by atomic mass is 10.3. The monoisotopic (exact) mass is 360 g/mol. The van der Waals surface area contributed by atoms with Gasteiger partial charge in [-0.3, -0.25) is 0 Å². The summed E-state index contributed by atoms with van der Waals surface area (Å²) in [5.74, 6) is 0. The van der Waals surface area contributed by atoms with Gasteiger partial charge in [0.1, 0.15) is 0 Å². The maximum atomic E-state index is 11.6. The average Bonchev–Trinajstić information content (AvgIpc) is 2.83. The molecule has 0 fully saturated rings. The summed E-state index contributed by atoms with van der Waals surface area (Å²) in [7, 11) is -1.96. The molecule has 2 N–H and O–H groups in total. The number of thiophene rings is 1. The second-order valence-corrected chi connectivity index (χ2v) is 7.61. The Kier molecular flexibility index (Phi) is 4.62. The molecule has 1 aromatic heterocycles. The highest BCUT2D eigenvalue weighted by Gasteiger charge is 2.10. The summed E-state index contributed by atoms with van der Waals surface area (Å²) in [6, 6.07) is 8.73. The number of hydrogen-bond acceptors (Lipinski definition) is 4. The predicted octanol–water partition coefficient (Wildman–Crippen LogP) is 3.03. The molecule has 0 radical (unpaired) electrons. The van der Waals surface area contributed by atoms with Crippen LogP contribution in [0, 0.1) is 0 Å². The van der Waals surface area contributed by atoms with Gasteiger partial charge in [0.15, 0.2) is 0 Å². The van der Waals surface area contributed by atoms with Crippen LogP contribution in [0.5, 0.6) is 0 Å². The number of benzene rings is 1. The number of anilines is 1. The minimum Gasteiger partial charge on any atom is -0.380 e. The Morgan fingerprint density at radius 2 is 1.95 bits per heavy atom. The van der Waals surface area contributed by atoms with E-state index in [-0.39, 0.29) is 4.90 Å². The van der Waals surface area contributed by atoms with Crippen molar-refractivity contribution in [2.45, 2.75) is 11.4 Å². The molecule has 0 bridgehead atoms. The summed E-state index contributed by atoms with van der Waals surface area (Å²) >= 11 is 5.07. The van der Waals surface area contributed by atoms with Crippen LogP contribution >= 0.6 is 27.3 Å². The molecule has 0 saturated carbocycles. The van der Waals surface area contributed by atoms with Crippen molar-refractivity contribution in [3.05, 3.63) is 45.1 Å². The Labute approximate surface area is 125 Å². The summed E-state index contributed by atoms with van der Waals surface area (Å²) in [4.78, 5) is 1.47. The molecule has 2 aromatic rings. The molecule has 0 unspecified atom stereocenters. The van der Waals surface area contributed by atoms with E-state index in [9.17, 15) is 8.42 Å². The van der Waals surface area contributed by atoms with E-state index < -0.39 is 10.0 Å². The maximum absolute atomic E-state index is 11.6. The lowest BCUT2D eigenvalue weighted by Gasteiger charge is -2.06. The zero-order valence-electron chi connectivity index (χ0n) is 10.2. The van der Waals surface area contributed by atoms with E-state index in [1.54, 1.807) is 35.6 Å². The molecule has 4 nitrogen and oxygen atoms in total. The molecule has 1 aromatic carbocycles. The first-order valence-corrected chi connectivity index (χ1v) is 8.67. The molecular formula is C12H13BrN2O2S2. The highest BCUT2D eigenvalue weighted by molar-refractivity contribution is 9.10. The first-order chi connectivity index (χ1) is 9.01. The minimum absolute atomic E-state index is 0.263. The number of hydrogen-bond donors (Lipinski definition) is 2. The molecule has 0 aliphatic rings. The zero-order chi connectivity index (χ0) is 13.9. The molecular weight excluding hydrogens is 348 g/mol. The summed E-state index contributed by atoms with van der Waals surface area (Å²) in [5.41, 5.74) is 0.888. The lowest BCUT2D eigenvalue weighted by Crippen LogP contribution is -2.18. The van der Waals surface area contributed by atoms with E-state index in [4.69, 9.17) is 0 Å². The zero-order valence-corrected chi connectivity index (χ0v) is 13.4. The maximum Gasteiger partial charge on any atom is 0.240 e. The molecule has 1 heterocycles. The van der Waals surface area contributed by atoms with Crippen LogP contribution in [0.25, 0.3) is 0 Å². The summed E-state index contributed by atoms with van der Waals surface area (Å²) in [6.45, 7) is 0.717. The number of sulfonamides is 1. The third kappa shape index (κ3) is 3.79. The van der Waals surface area contributed by atoms with E-state index >= 15 is 0 Å². The smallest absolute Gasteiger partial charge is 0.240 e. The third-order valence-electron chi connectivity index (χ3n) is 2.52. The van der Waals surface area contributed by atoms with Crippen LogP contribution in [-0.2, 0) is 16.6 Å². The predicted molar refractivity (Wildman–Crippen MR) is 82.0 cm³/mol. The van der Waals surface area contributed by atoms with Gasteiger partial charge in [0.25, 0.3) is 0 Å². The summed E-state index contributed by atoms with van der Waals surface area (Å²) in [6.07, 6.45) is 0. The number of halogens is 1. The topological polar surface area (TPSA) is 58.2 Å². The molecule has 0 aliphatic heterocycles. The fourth-order valence-electron chi connectivity index (χ4n) is 1.51. The molecule has 19 heavy (non-hydrogen) atoms. The van der Waals surface area contributed by atoms with Crippen molar-refractivity contribution in [1.29, 1.82) is 0 Å². The van der Waals surface area contributed by atoms with Gasteiger partial charge < -0.3 is 5.32 Å². The van der Waals surface area contributed by atoms with Crippen molar-refractivity contribution in [2.75, 3.05) is 12.4 Å². The Morgan fingerprint density at radius 3 is 2.47 bits per heavy atom. The Balaban J connectivity index is 2.03. The van der Waals surface area contributed by atoms with E-state index in [0.717, 1.165) is 10.2 Å². The van der Waals surface area contributed by atoms with Gasteiger partial charge >= 0.3 is 0 Å². The Morgan fingerprint density at radius 1 is 1.26 bits per heavy atom. The normalized spacial score (nSPS) is 11.5. The van der Waals surface area contributed by atoms with Gasteiger partial charge in [0.2, 0.25) is 10.0 Å². The van der Waals surface area contributed by atoms with E-state index in [1.807, 2.05) is 5.38 Å². The summed E-state index contributed by atoms with van der Waals surface area (Å²) in [5, 5.41) is 5.27. The quantitative estimate of drug-likeness (QED) is 0.861. The average molecular weight is 361 g/mol. The largest absolute Gasteiger partial charge is 0.380 e. The number of nitrogens with one attached hydrogen (secondary N) is 2.